The molecule has 5 heteroatoms. The fourth-order valence-electron chi connectivity index (χ4n) is 2.44. The van der Waals surface area contributed by atoms with E-state index in [1.54, 1.807) is 6.08 Å². The summed E-state index contributed by atoms with van der Waals surface area (Å²) in [5.41, 5.74) is 2.90. The summed E-state index contributed by atoms with van der Waals surface area (Å²) in [7, 11) is -3.59. The van der Waals surface area contributed by atoms with Gasteiger partial charge in [-0.15, -0.1) is 11.3 Å². The molecule has 0 aliphatic rings. The van der Waals surface area contributed by atoms with Crippen molar-refractivity contribution in [1.29, 1.82) is 0 Å². The predicted octanol–water partition coefficient (Wildman–Crippen LogP) is 4.74. The highest BCUT2D eigenvalue weighted by atomic mass is 32.2. The lowest BCUT2D eigenvalue weighted by atomic mass is 10.0. The summed E-state index contributed by atoms with van der Waals surface area (Å²) in [4.78, 5) is 0.959. The quantitative estimate of drug-likeness (QED) is 0.682. The van der Waals surface area contributed by atoms with Crippen LogP contribution in [0.25, 0.3) is 6.08 Å². The standard InChI is InChI=1S/C20H19NO2S2/c1-16-9-11-18(12-10-16)20(19-8-5-14-24-19)21-25(22,23)15-13-17-6-3-2-4-7-17/h2-15,20-21H,1H3/b15-13+/t20-/m0/s1. The van der Waals surface area contributed by atoms with Crippen LogP contribution in [0.5, 0.6) is 0 Å². The van der Waals surface area contributed by atoms with Crippen molar-refractivity contribution in [1.82, 2.24) is 4.72 Å². The van der Waals surface area contributed by atoms with Crippen LogP contribution >= 0.6 is 11.3 Å². The monoisotopic (exact) mass is 369 g/mol. The Morgan fingerprint density at radius 1 is 0.960 bits per heavy atom. The van der Waals surface area contributed by atoms with Gasteiger partial charge in [0.05, 0.1) is 6.04 Å². The number of thiophene rings is 1. The fourth-order valence-corrected chi connectivity index (χ4v) is 4.32. The summed E-state index contributed by atoms with van der Waals surface area (Å²) < 4.78 is 27.9. The SMILES string of the molecule is Cc1ccc([C@H](NS(=O)(=O)/C=C/c2ccccc2)c2cccs2)cc1. The van der Waals surface area contributed by atoms with Gasteiger partial charge in [-0.1, -0.05) is 66.2 Å². The highest BCUT2D eigenvalue weighted by molar-refractivity contribution is 7.92. The summed E-state index contributed by atoms with van der Waals surface area (Å²) in [5, 5.41) is 3.17. The zero-order valence-corrected chi connectivity index (χ0v) is 15.4. The minimum Gasteiger partial charge on any atom is -0.208 e. The molecule has 0 radical (unpaired) electrons. The van der Waals surface area contributed by atoms with Gasteiger partial charge in [-0.2, -0.15) is 4.72 Å². The molecule has 25 heavy (non-hydrogen) atoms. The van der Waals surface area contributed by atoms with Crippen LogP contribution in [-0.4, -0.2) is 8.42 Å². The smallest absolute Gasteiger partial charge is 0.208 e. The van der Waals surface area contributed by atoms with Gasteiger partial charge in [0.25, 0.3) is 0 Å². The van der Waals surface area contributed by atoms with Crippen LogP contribution in [-0.2, 0) is 10.0 Å². The maximum atomic E-state index is 12.6. The van der Waals surface area contributed by atoms with E-state index in [-0.39, 0.29) is 0 Å². The lowest BCUT2D eigenvalue weighted by molar-refractivity contribution is 0.583. The van der Waals surface area contributed by atoms with Gasteiger partial charge in [0, 0.05) is 10.3 Å². The highest BCUT2D eigenvalue weighted by Crippen LogP contribution is 2.27. The van der Waals surface area contributed by atoms with Crippen molar-refractivity contribution in [3.63, 3.8) is 0 Å². The molecule has 0 bridgehead atoms. The molecule has 2 aromatic carbocycles. The molecular formula is C20H19NO2S2. The van der Waals surface area contributed by atoms with E-state index < -0.39 is 16.1 Å². The van der Waals surface area contributed by atoms with Crippen LogP contribution in [0.2, 0.25) is 0 Å². The van der Waals surface area contributed by atoms with E-state index in [1.807, 2.05) is 79.0 Å². The Kier molecular flexibility index (Phi) is 5.48. The summed E-state index contributed by atoms with van der Waals surface area (Å²) >= 11 is 1.53. The van der Waals surface area contributed by atoms with Crippen molar-refractivity contribution < 1.29 is 8.42 Å². The average Bonchev–Trinajstić information content (AvgIpc) is 3.14. The van der Waals surface area contributed by atoms with Crippen LogP contribution in [0, 0.1) is 6.92 Å². The zero-order chi connectivity index (χ0) is 17.7. The number of hydrogen-bond donors (Lipinski definition) is 1. The number of nitrogens with one attached hydrogen (secondary N) is 1. The Balaban J connectivity index is 1.87. The van der Waals surface area contributed by atoms with Gasteiger partial charge in [-0.25, -0.2) is 8.42 Å². The second-order valence-electron chi connectivity index (χ2n) is 5.74. The molecule has 3 rings (SSSR count). The van der Waals surface area contributed by atoms with Crippen LogP contribution in [0.3, 0.4) is 0 Å². The molecule has 0 aliphatic heterocycles. The summed E-state index contributed by atoms with van der Waals surface area (Å²) in [6, 6.07) is 20.8. The van der Waals surface area contributed by atoms with Crippen LogP contribution in [0.4, 0.5) is 0 Å². The Bertz CT molecular complexity index is 929. The Morgan fingerprint density at radius 3 is 2.32 bits per heavy atom. The van der Waals surface area contributed by atoms with Gasteiger partial charge < -0.3 is 0 Å². The fraction of sp³-hybridized carbons (Fsp3) is 0.100. The van der Waals surface area contributed by atoms with Crippen LogP contribution in [0.15, 0.2) is 77.5 Å². The van der Waals surface area contributed by atoms with E-state index in [1.165, 1.54) is 16.7 Å². The molecule has 1 heterocycles. The molecule has 0 aliphatic carbocycles. The first kappa shape index (κ1) is 17.6. The van der Waals surface area contributed by atoms with E-state index >= 15 is 0 Å². The summed E-state index contributed by atoms with van der Waals surface area (Å²) in [6.45, 7) is 2.01. The van der Waals surface area contributed by atoms with E-state index in [2.05, 4.69) is 4.72 Å². The van der Waals surface area contributed by atoms with E-state index in [0.29, 0.717) is 0 Å². The molecule has 0 spiro atoms. The molecule has 128 valence electrons. The summed E-state index contributed by atoms with van der Waals surface area (Å²) in [5.74, 6) is 0. The third kappa shape index (κ3) is 4.89. The van der Waals surface area contributed by atoms with Gasteiger partial charge in [0.15, 0.2) is 0 Å². The number of rotatable bonds is 6. The number of sulfonamides is 1. The summed E-state index contributed by atoms with van der Waals surface area (Å²) in [6.07, 6.45) is 1.60. The largest absolute Gasteiger partial charge is 0.234 e. The Hall–Kier alpha value is -2.21. The minimum absolute atomic E-state index is 0.397. The molecule has 3 nitrogen and oxygen atoms in total. The molecule has 0 saturated heterocycles. The number of aryl methyl sites for hydroxylation is 1. The topological polar surface area (TPSA) is 46.2 Å². The van der Waals surface area contributed by atoms with Crippen LogP contribution in [0.1, 0.15) is 27.6 Å². The molecule has 0 saturated carbocycles. The molecule has 0 amide bonds. The minimum atomic E-state index is -3.59. The third-order valence-electron chi connectivity index (χ3n) is 3.76. The second kappa shape index (κ2) is 7.78. The molecule has 1 atom stereocenters. The van der Waals surface area contributed by atoms with Crippen molar-refractivity contribution in [2.45, 2.75) is 13.0 Å². The molecule has 1 aromatic heterocycles. The molecule has 0 unspecified atom stereocenters. The zero-order valence-electron chi connectivity index (χ0n) is 13.8. The third-order valence-corrected chi connectivity index (χ3v) is 5.76. The highest BCUT2D eigenvalue weighted by Gasteiger charge is 2.20. The molecule has 0 fully saturated rings. The van der Waals surface area contributed by atoms with Crippen molar-refractivity contribution in [3.05, 3.63) is 99.1 Å². The predicted molar refractivity (Wildman–Crippen MR) is 105 cm³/mol. The maximum Gasteiger partial charge on any atom is 0.234 e. The van der Waals surface area contributed by atoms with Crippen molar-refractivity contribution >= 4 is 27.4 Å². The first-order chi connectivity index (χ1) is 12.0. The van der Waals surface area contributed by atoms with Crippen molar-refractivity contribution in [3.8, 4) is 0 Å². The van der Waals surface area contributed by atoms with Gasteiger partial charge in [-0.3, -0.25) is 0 Å². The van der Waals surface area contributed by atoms with E-state index in [4.69, 9.17) is 0 Å². The maximum absolute atomic E-state index is 12.6. The Morgan fingerprint density at radius 2 is 1.68 bits per heavy atom. The van der Waals surface area contributed by atoms with Gasteiger partial charge in [-0.05, 0) is 35.6 Å². The van der Waals surface area contributed by atoms with Crippen LogP contribution < -0.4 is 4.72 Å². The lowest BCUT2D eigenvalue weighted by Gasteiger charge is -2.17. The number of benzene rings is 2. The first-order valence-corrected chi connectivity index (χ1v) is 10.3. The van der Waals surface area contributed by atoms with E-state index in [0.717, 1.165) is 21.6 Å². The first-order valence-electron chi connectivity index (χ1n) is 7.89. The average molecular weight is 370 g/mol. The molecular weight excluding hydrogens is 350 g/mol. The van der Waals surface area contributed by atoms with Crippen molar-refractivity contribution in [2.24, 2.45) is 0 Å². The van der Waals surface area contributed by atoms with Crippen molar-refractivity contribution in [2.75, 3.05) is 0 Å². The van der Waals surface area contributed by atoms with Gasteiger partial charge >= 0.3 is 0 Å². The van der Waals surface area contributed by atoms with Gasteiger partial charge in [0.1, 0.15) is 0 Å². The molecule has 1 N–H and O–H groups in total. The lowest BCUT2D eigenvalue weighted by Crippen LogP contribution is -2.27. The number of hydrogen-bond acceptors (Lipinski definition) is 3. The second-order valence-corrected chi connectivity index (χ2v) is 8.31. The Labute approximate surface area is 152 Å². The normalized spacial score (nSPS) is 13.2. The molecule has 3 aromatic rings. The van der Waals surface area contributed by atoms with E-state index in [9.17, 15) is 8.42 Å². The van der Waals surface area contributed by atoms with Gasteiger partial charge in [0.2, 0.25) is 10.0 Å².